The van der Waals surface area contributed by atoms with Crippen molar-refractivity contribution in [2.45, 2.75) is 20.0 Å². The van der Waals surface area contributed by atoms with Gasteiger partial charge in [0.05, 0.1) is 0 Å². The van der Waals surface area contributed by atoms with E-state index in [9.17, 15) is 0 Å². The Balaban J connectivity index is 2.30. The third-order valence-corrected chi connectivity index (χ3v) is 3.80. The Hall–Kier alpha value is -0.930. The van der Waals surface area contributed by atoms with Crippen LogP contribution in [0.3, 0.4) is 0 Å². The SMILES string of the molecule is CCSCCn1c(CNC)cc2ccccc21. The summed E-state index contributed by atoms with van der Waals surface area (Å²) in [6.07, 6.45) is 0. The summed E-state index contributed by atoms with van der Waals surface area (Å²) in [6.45, 7) is 4.25. The van der Waals surface area contributed by atoms with Crippen molar-refractivity contribution in [2.24, 2.45) is 0 Å². The van der Waals surface area contributed by atoms with E-state index in [1.54, 1.807) is 0 Å². The highest BCUT2D eigenvalue weighted by atomic mass is 32.2. The maximum atomic E-state index is 3.25. The number of para-hydroxylation sites is 1. The van der Waals surface area contributed by atoms with E-state index in [0.717, 1.165) is 13.1 Å². The lowest BCUT2D eigenvalue weighted by Crippen LogP contribution is -2.12. The zero-order chi connectivity index (χ0) is 12.1. The lowest BCUT2D eigenvalue weighted by Gasteiger charge is -2.10. The van der Waals surface area contributed by atoms with Crippen molar-refractivity contribution in [3.8, 4) is 0 Å². The van der Waals surface area contributed by atoms with Gasteiger partial charge in [-0.3, -0.25) is 0 Å². The molecule has 0 fully saturated rings. The molecule has 0 atom stereocenters. The molecule has 2 aromatic rings. The lowest BCUT2D eigenvalue weighted by atomic mass is 10.2. The molecule has 17 heavy (non-hydrogen) atoms. The number of aromatic nitrogens is 1. The highest BCUT2D eigenvalue weighted by Crippen LogP contribution is 2.20. The van der Waals surface area contributed by atoms with Crippen molar-refractivity contribution in [1.82, 2.24) is 9.88 Å². The minimum absolute atomic E-state index is 0.936. The van der Waals surface area contributed by atoms with Gasteiger partial charge < -0.3 is 9.88 Å². The molecular formula is C14H20N2S. The lowest BCUT2D eigenvalue weighted by molar-refractivity contribution is 0.696. The van der Waals surface area contributed by atoms with E-state index in [1.807, 2.05) is 18.8 Å². The van der Waals surface area contributed by atoms with Gasteiger partial charge in [0, 0.05) is 30.1 Å². The molecular weight excluding hydrogens is 228 g/mol. The quantitative estimate of drug-likeness (QED) is 0.791. The van der Waals surface area contributed by atoms with E-state index < -0.39 is 0 Å². The fourth-order valence-electron chi connectivity index (χ4n) is 2.16. The summed E-state index contributed by atoms with van der Waals surface area (Å²) in [4.78, 5) is 0. The van der Waals surface area contributed by atoms with Crippen LogP contribution in [0.4, 0.5) is 0 Å². The number of benzene rings is 1. The second-order valence-electron chi connectivity index (χ2n) is 4.07. The summed E-state index contributed by atoms with van der Waals surface area (Å²) in [5.74, 6) is 2.38. The minimum Gasteiger partial charge on any atom is -0.342 e. The molecule has 92 valence electrons. The smallest absolute Gasteiger partial charge is 0.0483 e. The van der Waals surface area contributed by atoms with Gasteiger partial charge in [-0.1, -0.05) is 25.1 Å². The highest BCUT2D eigenvalue weighted by molar-refractivity contribution is 7.99. The predicted octanol–water partition coefficient (Wildman–Crippen LogP) is 3.11. The first-order valence-corrected chi connectivity index (χ1v) is 7.31. The number of hydrogen-bond acceptors (Lipinski definition) is 2. The maximum Gasteiger partial charge on any atom is 0.0483 e. The number of aryl methyl sites for hydroxylation is 1. The van der Waals surface area contributed by atoms with Crippen molar-refractivity contribution < 1.29 is 0 Å². The molecule has 0 saturated carbocycles. The van der Waals surface area contributed by atoms with Gasteiger partial charge in [-0.05, 0) is 30.3 Å². The predicted molar refractivity (Wildman–Crippen MR) is 77.7 cm³/mol. The van der Waals surface area contributed by atoms with Gasteiger partial charge >= 0.3 is 0 Å². The molecule has 2 nitrogen and oxygen atoms in total. The fourth-order valence-corrected chi connectivity index (χ4v) is 2.76. The summed E-state index contributed by atoms with van der Waals surface area (Å²) in [5, 5.41) is 4.59. The topological polar surface area (TPSA) is 17.0 Å². The molecule has 1 aromatic carbocycles. The fraction of sp³-hybridized carbons (Fsp3) is 0.429. The minimum atomic E-state index is 0.936. The second-order valence-corrected chi connectivity index (χ2v) is 5.47. The first-order valence-electron chi connectivity index (χ1n) is 6.16. The van der Waals surface area contributed by atoms with Crippen LogP contribution >= 0.6 is 11.8 Å². The van der Waals surface area contributed by atoms with Crippen LogP contribution in [0.5, 0.6) is 0 Å². The number of fused-ring (bicyclic) bond motifs is 1. The van der Waals surface area contributed by atoms with Crippen molar-refractivity contribution in [3.63, 3.8) is 0 Å². The Kier molecular flexibility index (Phi) is 4.51. The third-order valence-electron chi connectivity index (χ3n) is 2.92. The standard InChI is InChI=1S/C14H20N2S/c1-3-17-9-8-16-13(11-15-2)10-12-6-4-5-7-14(12)16/h4-7,10,15H,3,8-9,11H2,1-2H3. The van der Waals surface area contributed by atoms with Gasteiger partial charge in [-0.15, -0.1) is 0 Å². The molecule has 2 rings (SSSR count). The van der Waals surface area contributed by atoms with Crippen LogP contribution in [0.15, 0.2) is 30.3 Å². The Morgan fingerprint density at radius 1 is 1.29 bits per heavy atom. The monoisotopic (exact) mass is 248 g/mol. The average molecular weight is 248 g/mol. The van der Waals surface area contributed by atoms with E-state index in [1.165, 1.54) is 28.1 Å². The van der Waals surface area contributed by atoms with E-state index in [4.69, 9.17) is 0 Å². The molecule has 0 spiro atoms. The molecule has 3 heteroatoms. The number of hydrogen-bond donors (Lipinski definition) is 1. The van der Waals surface area contributed by atoms with Crippen molar-refractivity contribution in [2.75, 3.05) is 18.6 Å². The Morgan fingerprint density at radius 3 is 2.88 bits per heavy atom. The highest BCUT2D eigenvalue weighted by Gasteiger charge is 2.06. The van der Waals surface area contributed by atoms with Crippen molar-refractivity contribution in [3.05, 3.63) is 36.0 Å². The van der Waals surface area contributed by atoms with Gasteiger partial charge in [0.2, 0.25) is 0 Å². The van der Waals surface area contributed by atoms with Crippen molar-refractivity contribution >= 4 is 22.7 Å². The molecule has 0 aliphatic rings. The summed E-state index contributed by atoms with van der Waals surface area (Å²) in [6, 6.07) is 10.9. The van der Waals surface area contributed by atoms with Crippen LogP contribution in [-0.4, -0.2) is 23.1 Å². The van der Waals surface area contributed by atoms with Crippen LogP contribution in [0, 0.1) is 0 Å². The molecule has 1 heterocycles. The van der Waals surface area contributed by atoms with Gasteiger partial charge in [-0.25, -0.2) is 0 Å². The summed E-state index contributed by atoms with van der Waals surface area (Å²) in [7, 11) is 2.00. The van der Waals surface area contributed by atoms with Crippen molar-refractivity contribution in [1.29, 1.82) is 0 Å². The van der Waals surface area contributed by atoms with Gasteiger partial charge in [0.25, 0.3) is 0 Å². The van der Waals surface area contributed by atoms with Gasteiger partial charge in [-0.2, -0.15) is 11.8 Å². The average Bonchev–Trinajstić information content (AvgIpc) is 2.69. The molecule has 0 amide bonds. The van der Waals surface area contributed by atoms with Crippen LogP contribution in [0.1, 0.15) is 12.6 Å². The molecule has 1 N–H and O–H groups in total. The van der Waals surface area contributed by atoms with Crippen LogP contribution in [-0.2, 0) is 13.1 Å². The Labute approximate surface area is 107 Å². The largest absolute Gasteiger partial charge is 0.342 e. The molecule has 0 aliphatic heterocycles. The third kappa shape index (κ3) is 2.85. The zero-order valence-corrected chi connectivity index (χ0v) is 11.4. The van der Waals surface area contributed by atoms with Crippen LogP contribution < -0.4 is 5.32 Å². The first kappa shape index (κ1) is 12.5. The number of thioether (sulfide) groups is 1. The van der Waals surface area contributed by atoms with Gasteiger partial charge in [0.15, 0.2) is 0 Å². The van der Waals surface area contributed by atoms with E-state index in [2.05, 4.69) is 47.1 Å². The van der Waals surface area contributed by atoms with E-state index in [0.29, 0.717) is 0 Å². The molecule has 0 bridgehead atoms. The van der Waals surface area contributed by atoms with Crippen LogP contribution in [0.25, 0.3) is 10.9 Å². The molecule has 1 aromatic heterocycles. The molecule has 0 saturated heterocycles. The Morgan fingerprint density at radius 2 is 2.12 bits per heavy atom. The Bertz CT molecular complexity index is 476. The number of nitrogens with zero attached hydrogens (tertiary/aromatic N) is 1. The number of nitrogens with one attached hydrogen (secondary N) is 1. The zero-order valence-electron chi connectivity index (χ0n) is 10.6. The first-order chi connectivity index (χ1) is 8.36. The van der Waals surface area contributed by atoms with E-state index >= 15 is 0 Å². The normalized spacial score (nSPS) is 11.2. The summed E-state index contributed by atoms with van der Waals surface area (Å²) < 4.78 is 2.44. The van der Waals surface area contributed by atoms with Gasteiger partial charge in [0.1, 0.15) is 0 Å². The molecule has 0 aliphatic carbocycles. The molecule has 0 radical (unpaired) electrons. The summed E-state index contributed by atoms with van der Waals surface area (Å²) in [5.41, 5.74) is 2.74. The summed E-state index contributed by atoms with van der Waals surface area (Å²) >= 11 is 2.00. The van der Waals surface area contributed by atoms with E-state index in [-0.39, 0.29) is 0 Å². The van der Waals surface area contributed by atoms with Crippen LogP contribution in [0.2, 0.25) is 0 Å². The maximum absolute atomic E-state index is 3.25. The second kappa shape index (κ2) is 6.12. The number of rotatable bonds is 6. The molecule has 0 unspecified atom stereocenters.